The molecule has 1 N–H and O–H groups in total. The molecule has 8 heteroatoms. The van der Waals surface area contributed by atoms with Gasteiger partial charge in [-0.2, -0.15) is 0 Å². The maximum atomic E-state index is 6.08. The zero-order chi connectivity index (χ0) is 23.3. The van der Waals surface area contributed by atoms with Crippen molar-refractivity contribution in [3.8, 4) is 5.88 Å². The average Bonchev–Trinajstić information content (AvgIpc) is 3.31. The molecule has 0 saturated carbocycles. The van der Waals surface area contributed by atoms with E-state index in [2.05, 4.69) is 55.4 Å². The van der Waals surface area contributed by atoms with Crippen molar-refractivity contribution in [2.75, 3.05) is 64.9 Å². The minimum atomic E-state index is 0.546. The SMILES string of the molecule is CNCCN(C)Cc1ccc(OC[C@@H]2CC[C@@H]3CN(c4noc5ccccc45)CCN3C2)nc1. The molecule has 2 aliphatic rings. The lowest BCUT2D eigenvalue weighted by Crippen LogP contribution is -2.57. The highest BCUT2D eigenvalue weighted by Gasteiger charge is 2.34. The van der Waals surface area contributed by atoms with E-state index in [1.807, 2.05) is 31.4 Å². The molecule has 2 atom stereocenters. The normalized spacial score (nSPS) is 21.2. The van der Waals surface area contributed by atoms with Crippen molar-refractivity contribution >= 4 is 16.8 Å². The number of fused-ring (bicyclic) bond motifs is 2. The number of benzene rings is 1. The molecule has 0 amide bonds. The Bertz CT molecular complexity index is 1050. The lowest BCUT2D eigenvalue weighted by molar-refractivity contribution is 0.0716. The smallest absolute Gasteiger partial charge is 0.213 e. The summed E-state index contributed by atoms with van der Waals surface area (Å²) in [4.78, 5) is 11.9. The van der Waals surface area contributed by atoms with Crippen LogP contribution >= 0.6 is 0 Å². The maximum absolute atomic E-state index is 6.08. The molecule has 0 aliphatic carbocycles. The summed E-state index contributed by atoms with van der Waals surface area (Å²) in [5.41, 5.74) is 2.08. The molecule has 2 saturated heterocycles. The number of para-hydroxylation sites is 1. The molecule has 0 bridgehead atoms. The Morgan fingerprint density at radius 3 is 2.91 bits per heavy atom. The first-order valence-electron chi connectivity index (χ1n) is 12.4. The molecular weight excluding hydrogens is 428 g/mol. The van der Waals surface area contributed by atoms with Crippen molar-refractivity contribution in [1.82, 2.24) is 25.3 Å². The first-order chi connectivity index (χ1) is 16.7. The molecule has 2 fully saturated rings. The van der Waals surface area contributed by atoms with Crippen LogP contribution in [0.2, 0.25) is 0 Å². The van der Waals surface area contributed by atoms with E-state index in [1.165, 1.54) is 18.4 Å². The van der Waals surface area contributed by atoms with E-state index in [0.717, 1.165) is 75.1 Å². The zero-order valence-corrected chi connectivity index (χ0v) is 20.3. The Balaban J connectivity index is 1.09. The number of hydrogen-bond acceptors (Lipinski definition) is 8. The summed E-state index contributed by atoms with van der Waals surface area (Å²) in [6, 6.07) is 12.8. The van der Waals surface area contributed by atoms with Crippen LogP contribution < -0.4 is 15.0 Å². The molecule has 8 nitrogen and oxygen atoms in total. The number of pyridine rings is 1. The van der Waals surface area contributed by atoms with Gasteiger partial charge in [-0.3, -0.25) is 4.90 Å². The Morgan fingerprint density at radius 2 is 2.06 bits per heavy atom. The van der Waals surface area contributed by atoms with Gasteiger partial charge in [-0.25, -0.2) is 4.98 Å². The monoisotopic (exact) mass is 464 g/mol. The van der Waals surface area contributed by atoms with Crippen LogP contribution in [-0.4, -0.2) is 86.0 Å². The lowest BCUT2D eigenvalue weighted by Gasteiger charge is -2.46. The van der Waals surface area contributed by atoms with Crippen LogP contribution in [0.15, 0.2) is 47.1 Å². The summed E-state index contributed by atoms with van der Waals surface area (Å²) in [5, 5.41) is 8.67. The number of piperazine rings is 1. The van der Waals surface area contributed by atoms with E-state index >= 15 is 0 Å². The van der Waals surface area contributed by atoms with Crippen LogP contribution in [0.25, 0.3) is 11.0 Å². The number of nitrogens with one attached hydrogen (secondary N) is 1. The molecule has 0 spiro atoms. The largest absolute Gasteiger partial charge is 0.477 e. The molecule has 4 heterocycles. The van der Waals surface area contributed by atoms with Crippen molar-refractivity contribution in [3.05, 3.63) is 48.2 Å². The predicted molar refractivity (Wildman–Crippen MR) is 134 cm³/mol. The maximum Gasteiger partial charge on any atom is 0.213 e. The molecule has 1 aromatic carbocycles. The van der Waals surface area contributed by atoms with Crippen molar-refractivity contribution < 1.29 is 9.26 Å². The number of hydrogen-bond donors (Lipinski definition) is 1. The summed E-state index contributed by atoms with van der Waals surface area (Å²) in [6.07, 6.45) is 4.31. The van der Waals surface area contributed by atoms with Crippen molar-refractivity contribution in [1.29, 1.82) is 0 Å². The predicted octanol–water partition coefficient (Wildman–Crippen LogP) is 2.85. The number of anilines is 1. The highest BCUT2D eigenvalue weighted by molar-refractivity contribution is 5.88. The van der Waals surface area contributed by atoms with Gasteiger partial charge in [-0.15, -0.1) is 0 Å². The van der Waals surface area contributed by atoms with Crippen molar-refractivity contribution in [3.63, 3.8) is 0 Å². The molecule has 2 aromatic heterocycles. The molecule has 3 aromatic rings. The average molecular weight is 465 g/mol. The quantitative estimate of drug-likeness (QED) is 0.519. The molecule has 182 valence electrons. The third kappa shape index (κ3) is 5.35. The lowest BCUT2D eigenvalue weighted by atomic mass is 9.91. The van der Waals surface area contributed by atoms with Gasteiger partial charge in [0.1, 0.15) is 0 Å². The number of likely N-dealkylation sites (N-methyl/N-ethyl adjacent to an activating group) is 2. The first kappa shape index (κ1) is 23.1. The Labute approximate surface area is 201 Å². The number of nitrogens with zero attached hydrogens (tertiary/aromatic N) is 5. The second kappa shape index (κ2) is 10.7. The van der Waals surface area contributed by atoms with Gasteiger partial charge in [-0.05, 0) is 44.6 Å². The van der Waals surface area contributed by atoms with E-state index < -0.39 is 0 Å². The summed E-state index contributed by atoms with van der Waals surface area (Å²) in [6.45, 7) is 7.76. The minimum absolute atomic E-state index is 0.546. The molecular formula is C26H36N6O2. The first-order valence-corrected chi connectivity index (χ1v) is 12.4. The third-order valence-corrected chi connectivity index (χ3v) is 7.12. The number of aromatic nitrogens is 2. The second-order valence-electron chi connectivity index (χ2n) is 9.70. The Morgan fingerprint density at radius 1 is 1.15 bits per heavy atom. The van der Waals surface area contributed by atoms with E-state index in [9.17, 15) is 0 Å². The van der Waals surface area contributed by atoms with Crippen molar-refractivity contribution in [2.45, 2.75) is 25.4 Å². The number of piperidine rings is 1. The van der Waals surface area contributed by atoms with Crippen molar-refractivity contribution in [2.24, 2.45) is 5.92 Å². The summed E-state index contributed by atoms with van der Waals surface area (Å²) >= 11 is 0. The third-order valence-electron chi connectivity index (χ3n) is 7.12. The molecule has 5 rings (SSSR count). The number of rotatable bonds is 9. The van der Waals surface area contributed by atoms with Crippen LogP contribution in [0.4, 0.5) is 5.82 Å². The van der Waals surface area contributed by atoms with Gasteiger partial charge in [0.25, 0.3) is 0 Å². The Kier molecular flexibility index (Phi) is 7.27. The van der Waals surface area contributed by atoms with Crippen LogP contribution in [0.3, 0.4) is 0 Å². The zero-order valence-electron chi connectivity index (χ0n) is 20.3. The topological polar surface area (TPSA) is 69.9 Å². The summed E-state index contributed by atoms with van der Waals surface area (Å²) < 4.78 is 11.6. The highest BCUT2D eigenvalue weighted by Crippen LogP contribution is 2.31. The summed E-state index contributed by atoms with van der Waals surface area (Å²) in [7, 11) is 4.11. The number of ether oxygens (including phenoxy) is 1. The van der Waals surface area contributed by atoms with E-state index in [1.54, 1.807) is 0 Å². The van der Waals surface area contributed by atoms with Gasteiger partial charge in [0.2, 0.25) is 5.88 Å². The van der Waals surface area contributed by atoms with Gasteiger partial charge in [0, 0.05) is 70.0 Å². The van der Waals surface area contributed by atoms with E-state index in [4.69, 9.17) is 9.26 Å². The van der Waals surface area contributed by atoms with Gasteiger partial charge in [-0.1, -0.05) is 23.4 Å². The standard InChI is InChI=1S/C26H36N6O2/c1-27-11-12-30(2)16-20-8-10-25(28-15-20)33-19-21-7-9-22-18-32(14-13-31(22)17-21)26-23-5-3-4-6-24(23)34-29-26/h3-6,8,10,15,21-22,27H,7,9,11-14,16-19H2,1-2H3/t21-,22-/m1/s1. The van der Waals surface area contributed by atoms with Gasteiger partial charge in [0.15, 0.2) is 11.4 Å². The minimum Gasteiger partial charge on any atom is -0.477 e. The van der Waals surface area contributed by atoms with Gasteiger partial charge >= 0.3 is 0 Å². The fourth-order valence-electron chi connectivity index (χ4n) is 5.17. The van der Waals surface area contributed by atoms with Gasteiger partial charge < -0.3 is 24.4 Å². The van der Waals surface area contributed by atoms with Crippen LogP contribution in [0.1, 0.15) is 18.4 Å². The fraction of sp³-hybridized carbons (Fsp3) is 0.538. The van der Waals surface area contributed by atoms with E-state index in [-0.39, 0.29) is 0 Å². The molecule has 2 aliphatic heterocycles. The second-order valence-corrected chi connectivity index (χ2v) is 9.70. The summed E-state index contributed by atoms with van der Waals surface area (Å²) in [5.74, 6) is 2.26. The van der Waals surface area contributed by atoms with Crippen LogP contribution in [-0.2, 0) is 6.54 Å². The van der Waals surface area contributed by atoms with Crippen LogP contribution in [0, 0.1) is 5.92 Å². The molecule has 34 heavy (non-hydrogen) atoms. The fourth-order valence-corrected chi connectivity index (χ4v) is 5.17. The molecule has 0 radical (unpaired) electrons. The highest BCUT2D eigenvalue weighted by atomic mass is 16.5. The van der Waals surface area contributed by atoms with E-state index in [0.29, 0.717) is 12.0 Å². The molecule has 0 unspecified atom stereocenters. The van der Waals surface area contributed by atoms with Crippen LogP contribution in [0.5, 0.6) is 5.88 Å². The van der Waals surface area contributed by atoms with Gasteiger partial charge in [0.05, 0.1) is 12.0 Å². The Hall–Kier alpha value is -2.68.